The fourth-order valence-electron chi connectivity index (χ4n) is 2.43. The van der Waals surface area contributed by atoms with Crippen molar-refractivity contribution in [1.29, 1.82) is 0 Å². The Bertz CT molecular complexity index is 192. The zero-order chi connectivity index (χ0) is 11.5. The van der Waals surface area contributed by atoms with Crippen molar-refractivity contribution < 1.29 is 10.2 Å². The van der Waals surface area contributed by atoms with Crippen molar-refractivity contribution in [3.63, 3.8) is 0 Å². The fourth-order valence-corrected chi connectivity index (χ4v) is 2.43. The average Bonchev–Trinajstić information content (AvgIpc) is 2.48. The van der Waals surface area contributed by atoms with Gasteiger partial charge in [0.2, 0.25) is 0 Å². The number of aliphatic hydroxyl groups is 2. The molecular formula is C12H25NO2. The zero-order valence-corrected chi connectivity index (χ0v) is 10.3. The molecule has 15 heavy (non-hydrogen) atoms. The first-order chi connectivity index (χ1) is 6.85. The van der Waals surface area contributed by atoms with Crippen LogP contribution in [0.3, 0.4) is 0 Å². The molecule has 0 unspecified atom stereocenters. The molecule has 1 saturated carbocycles. The molecule has 2 N–H and O–H groups in total. The van der Waals surface area contributed by atoms with Crippen LogP contribution in [-0.2, 0) is 0 Å². The van der Waals surface area contributed by atoms with Gasteiger partial charge in [0.05, 0.1) is 11.2 Å². The molecule has 0 saturated heterocycles. The van der Waals surface area contributed by atoms with E-state index < -0.39 is 11.2 Å². The maximum absolute atomic E-state index is 10.3. The molecule has 0 heterocycles. The molecule has 0 atom stereocenters. The Labute approximate surface area is 93.1 Å². The Kier molecular flexibility index (Phi) is 4.15. The predicted octanol–water partition coefficient (Wildman–Crippen LogP) is 1.38. The molecular weight excluding hydrogens is 190 g/mol. The lowest BCUT2D eigenvalue weighted by atomic mass is 10.0. The maximum Gasteiger partial charge on any atom is 0.0774 e. The van der Waals surface area contributed by atoms with Crippen LogP contribution in [0.1, 0.15) is 46.5 Å². The van der Waals surface area contributed by atoms with Crippen LogP contribution in [0.2, 0.25) is 0 Å². The average molecular weight is 215 g/mol. The number of nitrogens with zero attached hydrogens (tertiary/aromatic N) is 1. The first-order valence-corrected chi connectivity index (χ1v) is 6.02. The second-order valence-electron chi connectivity index (χ2n) is 5.55. The summed E-state index contributed by atoms with van der Waals surface area (Å²) in [4.78, 5) is 2.14. The van der Waals surface area contributed by atoms with E-state index in [4.69, 9.17) is 0 Å². The SMILES string of the molecule is CCN(CC(C)(C)O)CC1(O)CCCC1. The summed E-state index contributed by atoms with van der Waals surface area (Å²) in [6.45, 7) is 7.92. The lowest BCUT2D eigenvalue weighted by Gasteiger charge is -2.34. The maximum atomic E-state index is 10.3. The standard InChI is InChI=1S/C12H25NO2/c1-4-13(9-11(2,3)14)10-12(15)7-5-6-8-12/h14-15H,4-10H2,1-3H3. The number of likely N-dealkylation sites (N-methyl/N-ethyl adjacent to an activating group) is 1. The highest BCUT2D eigenvalue weighted by Crippen LogP contribution is 2.30. The highest BCUT2D eigenvalue weighted by atomic mass is 16.3. The van der Waals surface area contributed by atoms with Crippen molar-refractivity contribution in [2.45, 2.75) is 57.7 Å². The molecule has 0 aromatic carbocycles. The van der Waals surface area contributed by atoms with Gasteiger partial charge in [-0.05, 0) is 33.2 Å². The van der Waals surface area contributed by atoms with E-state index >= 15 is 0 Å². The van der Waals surface area contributed by atoms with Crippen molar-refractivity contribution in [1.82, 2.24) is 4.90 Å². The monoisotopic (exact) mass is 215 g/mol. The highest BCUT2D eigenvalue weighted by Gasteiger charge is 2.33. The quantitative estimate of drug-likeness (QED) is 0.728. The Morgan fingerprint density at radius 1 is 1.27 bits per heavy atom. The third kappa shape index (κ3) is 4.49. The minimum absolute atomic E-state index is 0.499. The molecule has 0 radical (unpaired) electrons. The molecule has 0 aliphatic heterocycles. The summed E-state index contributed by atoms with van der Waals surface area (Å²) in [6.07, 6.45) is 4.10. The van der Waals surface area contributed by atoms with Gasteiger partial charge in [0.1, 0.15) is 0 Å². The normalized spacial score (nSPS) is 21.2. The van der Waals surface area contributed by atoms with E-state index in [1.165, 1.54) is 0 Å². The predicted molar refractivity (Wildman–Crippen MR) is 61.8 cm³/mol. The van der Waals surface area contributed by atoms with Crippen LogP contribution >= 0.6 is 0 Å². The molecule has 0 bridgehead atoms. The second kappa shape index (κ2) is 4.81. The Morgan fingerprint density at radius 2 is 1.80 bits per heavy atom. The van der Waals surface area contributed by atoms with Gasteiger partial charge in [0.15, 0.2) is 0 Å². The van der Waals surface area contributed by atoms with Gasteiger partial charge in [-0.25, -0.2) is 0 Å². The van der Waals surface area contributed by atoms with Crippen molar-refractivity contribution >= 4 is 0 Å². The minimum Gasteiger partial charge on any atom is -0.389 e. The van der Waals surface area contributed by atoms with Crippen molar-refractivity contribution in [3.05, 3.63) is 0 Å². The van der Waals surface area contributed by atoms with Gasteiger partial charge in [-0.3, -0.25) is 4.90 Å². The summed E-state index contributed by atoms with van der Waals surface area (Å²) in [7, 11) is 0. The van der Waals surface area contributed by atoms with Crippen LogP contribution in [0.25, 0.3) is 0 Å². The lowest BCUT2D eigenvalue weighted by Crippen LogP contribution is -2.46. The molecule has 1 rings (SSSR count). The third-order valence-corrected chi connectivity index (χ3v) is 3.11. The van der Waals surface area contributed by atoms with Gasteiger partial charge in [-0.1, -0.05) is 19.8 Å². The minimum atomic E-state index is -0.676. The van der Waals surface area contributed by atoms with E-state index in [-0.39, 0.29) is 0 Å². The highest BCUT2D eigenvalue weighted by molar-refractivity contribution is 4.88. The molecule has 3 heteroatoms. The third-order valence-electron chi connectivity index (χ3n) is 3.11. The van der Waals surface area contributed by atoms with E-state index in [0.717, 1.165) is 32.2 Å². The molecule has 3 nitrogen and oxygen atoms in total. The van der Waals surface area contributed by atoms with Crippen molar-refractivity contribution in [3.8, 4) is 0 Å². The smallest absolute Gasteiger partial charge is 0.0774 e. The molecule has 1 aliphatic carbocycles. The van der Waals surface area contributed by atoms with Crippen LogP contribution < -0.4 is 0 Å². The number of hydrogen-bond donors (Lipinski definition) is 2. The molecule has 0 aromatic heterocycles. The van der Waals surface area contributed by atoms with E-state index in [9.17, 15) is 10.2 Å². The van der Waals surface area contributed by atoms with Gasteiger partial charge in [0, 0.05) is 13.1 Å². The first-order valence-electron chi connectivity index (χ1n) is 6.02. The summed E-state index contributed by atoms with van der Waals surface area (Å²) < 4.78 is 0. The lowest BCUT2D eigenvalue weighted by molar-refractivity contribution is -0.0202. The van der Waals surface area contributed by atoms with Crippen LogP contribution in [0.4, 0.5) is 0 Å². The summed E-state index contributed by atoms with van der Waals surface area (Å²) in [5, 5.41) is 20.0. The summed E-state index contributed by atoms with van der Waals surface area (Å²) >= 11 is 0. The van der Waals surface area contributed by atoms with Crippen LogP contribution in [-0.4, -0.2) is 45.9 Å². The molecule has 0 amide bonds. The van der Waals surface area contributed by atoms with Gasteiger partial charge in [0.25, 0.3) is 0 Å². The second-order valence-corrected chi connectivity index (χ2v) is 5.55. The molecule has 0 spiro atoms. The van der Waals surface area contributed by atoms with Gasteiger partial charge >= 0.3 is 0 Å². The van der Waals surface area contributed by atoms with Crippen LogP contribution in [0, 0.1) is 0 Å². The van der Waals surface area contributed by atoms with Crippen LogP contribution in [0.5, 0.6) is 0 Å². The Balaban J connectivity index is 2.46. The molecule has 90 valence electrons. The first kappa shape index (κ1) is 12.9. The van der Waals surface area contributed by atoms with Crippen molar-refractivity contribution in [2.24, 2.45) is 0 Å². The van der Waals surface area contributed by atoms with E-state index in [0.29, 0.717) is 13.1 Å². The molecule has 1 aliphatic rings. The Hall–Kier alpha value is -0.120. The summed E-state index contributed by atoms with van der Waals surface area (Å²) in [5.41, 5.74) is -1.17. The summed E-state index contributed by atoms with van der Waals surface area (Å²) in [5.74, 6) is 0. The fraction of sp³-hybridized carbons (Fsp3) is 1.00. The number of hydrogen-bond acceptors (Lipinski definition) is 3. The molecule has 1 fully saturated rings. The number of rotatable bonds is 5. The Morgan fingerprint density at radius 3 is 2.20 bits per heavy atom. The van der Waals surface area contributed by atoms with E-state index in [1.807, 2.05) is 13.8 Å². The zero-order valence-electron chi connectivity index (χ0n) is 10.3. The topological polar surface area (TPSA) is 43.7 Å². The van der Waals surface area contributed by atoms with E-state index in [1.54, 1.807) is 0 Å². The van der Waals surface area contributed by atoms with E-state index in [2.05, 4.69) is 11.8 Å². The van der Waals surface area contributed by atoms with Crippen molar-refractivity contribution in [2.75, 3.05) is 19.6 Å². The van der Waals surface area contributed by atoms with Gasteiger partial charge in [-0.2, -0.15) is 0 Å². The van der Waals surface area contributed by atoms with Gasteiger partial charge in [-0.15, -0.1) is 0 Å². The largest absolute Gasteiger partial charge is 0.389 e. The van der Waals surface area contributed by atoms with Crippen LogP contribution in [0.15, 0.2) is 0 Å². The summed E-state index contributed by atoms with van der Waals surface area (Å²) in [6, 6.07) is 0. The van der Waals surface area contributed by atoms with Gasteiger partial charge < -0.3 is 10.2 Å². The molecule has 0 aromatic rings.